The zero-order valence-electron chi connectivity index (χ0n) is 17.9. The number of benzene rings is 2. The number of hydrogen-bond acceptors (Lipinski definition) is 5. The van der Waals surface area contributed by atoms with Crippen molar-refractivity contribution in [3.05, 3.63) is 78.4 Å². The van der Waals surface area contributed by atoms with Gasteiger partial charge in [0.15, 0.2) is 11.6 Å². The molecule has 0 atom stereocenters. The Labute approximate surface area is 183 Å². The van der Waals surface area contributed by atoms with E-state index in [1.165, 1.54) is 6.92 Å². The molecule has 0 spiro atoms. The molecule has 1 aromatic heterocycles. The lowest BCUT2D eigenvalue weighted by atomic mass is 10.2. The maximum absolute atomic E-state index is 11.8. The Morgan fingerprint density at radius 1 is 1.03 bits per heavy atom. The lowest BCUT2D eigenvalue weighted by Gasteiger charge is -2.42. The number of Topliss-reactive ketones (excluding diaryl/α,β-unsaturated/α-hetero) is 1. The molecular weight excluding hydrogens is 432 g/mol. The van der Waals surface area contributed by atoms with Crippen molar-refractivity contribution in [2.24, 2.45) is 0 Å². The quantitative estimate of drug-likeness (QED) is 0.332. The van der Waals surface area contributed by atoms with E-state index in [1.807, 2.05) is 60.7 Å². The van der Waals surface area contributed by atoms with E-state index in [0.717, 1.165) is 16.6 Å². The van der Waals surface area contributed by atoms with Crippen molar-refractivity contribution in [2.75, 3.05) is 0 Å². The first-order valence-electron chi connectivity index (χ1n) is 9.79. The predicted octanol–water partition coefficient (Wildman–Crippen LogP) is 2.81. The van der Waals surface area contributed by atoms with Crippen LogP contribution in [0.1, 0.15) is 44.0 Å². The Hall–Kier alpha value is -2.59. The Bertz CT molecular complexity index is 1130. The van der Waals surface area contributed by atoms with Crippen molar-refractivity contribution < 1.29 is 22.2 Å². The van der Waals surface area contributed by atoms with E-state index in [4.69, 9.17) is 4.43 Å². The van der Waals surface area contributed by atoms with Crippen LogP contribution in [0, 0.1) is 0 Å². The van der Waals surface area contributed by atoms with E-state index in [9.17, 15) is 17.8 Å². The summed E-state index contributed by atoms with van der Waals surface area (Å²) in [5.74, 6) is -0.933. The second-order valence-corrected chi connectivity index (χ2v) is 13.9. The van der Waals surface area contributed by atoms with Crippen LogP contribution in [-0.2, 0) is 21.3 Å². The average molecular weight is 459 g/mol. The molecule has 0 radical (unpaired) electrons. The fourth-order valence-corrected chi connectivity index (χ4v) is 9.00. The van der Waals surface area contributed by atoms with E-state index in [-0.39, 0.29) is 23.2 Å². The van der Waals surface area contributed by atoms with Gasteiger partial charge >= 0.3 is 10.3 Å². The summed E-state index contributed by atoms with van der Waals surface area (Å²) in [6, 6.07) is 19.9. The minimum absolute atomic E-state index is 0.0178. The highest BCUT2D eigenvalue weighted by Gasteiger charge is 2.50. The number of nitrogens with zero attached hydrogens (tertiary/aromatic N) is 2. The minimum Gasteiger partial charge on any atom is -0.401 e. The van der Waals surface area contributed by atoms with E-state index < -0.39 is 24.4 Å². The maximum atomic E-state index is 11.8. The smallest absolute Gasteiger partial charge is 0.365 e. The number of imidazole rings is 1. The van der Waals surface area contributed by atoms with Gasteiger partial charge < -0.3 is 4.43 Å². The Kier molecular flexibility index (Phi) is 6.33. The van der Waals surface area contributed by atoms with Crippen LogP contribution in [0.5, 0.6) is 0 Å². The largest absolute Gasteiger partial charge is 0.401 e. The maximum Gasteiger partial charge on any atom is 0.365 e. The molecule has 0 aliphatic carbocycles. The Morgan fingerprint density at radius 2 is 1.52 bits per heavy atom. The Morgan fingerprint density at radius 3 is 1.87 bits per heavy atom. The molecule has 2 aromatic carbocycles. The van der Waals surface area contributed by atoms with Crippen LogP contribution in [0.4, 0.5) is 0 Å². The fraction of sp³-hybridized carbons (Fsp3) is 0.273. The fourth-order valence-electron chi connectivity index (χ4n) is 3.83. The second kappa shape index (κ2) is 8.50. The number of aromatic nitrogens is 2. The Balaban J connectivity index is 2.12. The van der Waals surface area contributed by atoms with Gasteiger partial charge in [-0.15, -0.1) is 0 Å². The molecule has 0 fully saturated rings. The monoisotopic (exact) mass is 458 g/mol. The van der Waals surface area contributed by atoms with Crippen LogP contribution >= 0.6 is 0 Å². The molecule has 31 heavy (non-hydrogen) atoms. The van der Waals surface area contributed by atoms with E-state index >= 15 is 0 Å². The summed E-state index contributed by atoms with van der Waals surface area (Å²) in [5, 5.41) is 1.86. The van der Waals surface area contributed by atoms with Crippen molar-refractivity contribution in [3.8, 4) is 0 Å². The molecule has 3 aromatic rings. The van der Waals surface area contributed by atoms with Crippen molar-refractivity contribution in [3.63, 3.8) is 0 Å². The molecule has 0 amide bonds. The molecule has 1 N–H and O–H groups in total. The highest BCUT2D eigenvalue weighted by Crippen LogP contribution is 2.37. The normalized spacial score (nSPS) is 12.7. The number of ketones is 1. The summed E-state index contributed by atoms with van der Waals surface area (Å²) in [6.45, 7) is 7.54. The van der Waals surface area contributed by atoms with Gasteiger partial charge in [0.25, 0.3) is 8.32 Å². The SMILES string of the molecule is CC(=O)c1nc(CO[Si](c2ccccc2)(c2ccccc2)C(C)(C)C)cn1S(=O)(=O)O. The number of carbonyl (C=O) groups excluding carboxylic acids is 1. The average Bonchev–Trinajstić information content (AvgIpc) is 3.14. The van der Waals surface area contributed by atoms with Gasteiger partial charge in [-0.1, -0.05) is 81.4 Å². The zero-order chi connectivity index (χ0) is 22.9. The van der Waals surface area contributed by atoms with Crippen molar-refractivity contribution in [1.29, 1.82) is 0 Å². The predicted molar refractivity (Wildman–Crippen MR) is 122 cm³/mol. The van der Waals surface area contributed by atoms with Crippen LogP contribution in [0.25, 0.3) is 0 Å². The summed E-state index contributed by atoms with van der Waals surface area (Å²) in [6.07, 6.45) is 1.13. The van der Waals surface area contributed by atoms with Gasteiger partial charge in [-0.3, -0.25) is 9.35 Å². The van der Waals surface area contributed by atoms with Crippen LogP contribution in [0.3, 0.4) is 0 Å². The molecule has 0 aliphatic heterocycles. The van der Waals surface area contributed by atoms with E-state index in [0.29, 0.717) is 3.97 Å². The summed E-state index contributed by atoms with van der Waals surface area (Å²) in [7, 11) is -7.51. The lowest BCUT2D eigenvalue weighted by molar-refractivity contribution is 0.100. The van der Waals surface area contributed by atoms with Crippen LogP contribution in [0.2, 0.25) is 5.04 Å². The third-order valence-corrected chi connectivity index (χ3v) is 10.9. The van der Waals surface area contributed by atoms with E-state index in [1.54, 1.807) is 0 Å². The lowest BCUT2D eigenvalue weighted by Crippen LogP contribution is -2.66. The van der Waals surface area contributed by atoms with Gasteiger partial charge in [-0.25, -0.2) is 8.96 Å². The first-order chi connectivity index (χ1) is 14.5. The van der Waals surface area contributed by atoms with Crippen molar-refractivity contribution >= 4 is 34.8 Å². The van der Waals surface area contributed by atoms with Crippen LogP contribution in [-0.4, -0.2) is 36.0 Å². The number of carbonyl (C=O) groups is 1. The third-order valence-electron chi connectivity index (χ3n) is 5.14. The summed E-state index contributed by atoms with van der Waals surface area (Å²) >= 11 is 0. The van der Waals surface area contributed by atoms with Gasteiger partial charge in [0.05, 0.1) is 12.3 Å². The number of rotatable bonds is 7. The molecule has 0 aliphatic rings. The van der Waals surface area contributed by atoms with Crippen LogP contribution < -0.4 is 10.4 Å². The van der Waals surface area contributed by atoms with Gasteiger partial charge in [0.1, 0.15) is 0 Å². The molecule has 164 valence electrons. The molecule has 3 rings (SSSR count). The number of hydrogen-bond donors (Lipinski definition) is 1. The van der Waals surface area contributed by atoms with Crippen molar-refractivity contribution in [2.45, 2.75) is 39.3 Å². The molecule has 7 nitrogen and oxygen atoms in total. The van der Waals surface area contributed by atoms with Gasteiger partial charge in [-0.2, -0.15) is 8.42 Å². The highest BCUT2D eigenvalue weighted by atomic mass is 32.2. The molecule has 0 bridgehead atoms. The molecule has 0 saturated carbocycles. The summed E-state index contributed by atoms with van der Waals surface area (Å²) < 4.78 is 40.0. The standard InChI is InChI=1S/C22H26N2O5SSi/c1-17(25)21-23-18(15-24(21)30(26,27)28)16-29-31(22(2,3)4,19-11-7-5-8-12-19)20-13-9-6-10-14-20/h5-15H,16H2,1-4H3,(H,26,27,28). The summed E-state index contributed by atoms with van der Waals surface area (Å²) in [4.78, 5) is 16.0. The van der Waals surface area contributed by atoms with Crippen LogP contribution in [0.15, 0.2) is 66.9 Å². The summed E-state index contributed by atoms with van der Waals surface area (Å²) in [5.41, 5.74) is 0.246. The molecule has 0 saturated heterocycles. The third kappa shape index (κ3) is 4.54. The topological polar surface area (TPSA) is 98.5 Å². The highest BCUT2D eigenvalue weighted by molar-refractivity contribution is 7.84. The molecule has 1 heterocycles. The van der Waals surface area contributed by atoms with Gasteiger partial charge in [0.2, 0.25) is 0 Å². The van der Waals surface area contributed by atoms with Gasteiger partial charge in [-0.05, 0) is 15.4 Å². The van der Waals surface area contributed by atoms with Gasteiger partial charge in [0, 0.05) is 13.1 Å². The molecule has 9 heteroatoms. The molecular formula is C22H26N2O5SSi. The minimum atomic E-state index is -4.66. The van der Waals surface area contributed by atoms with Crippen molar-refractivity contribution in [1.82, 2.24) is 8.96 Å². The first kappa shape index (κ1) is 23.1. The molecule has 0 unspecified atom stereocenters. The first-order valence-corrected chi connectivity index (χ1v) is 13.1. The zero-order valence-corrected chi connectivity index (χ0v) is 19.8. The van der Waals surface area contributed by atoms with E-state index in [2.05, 4.69) is 25.8 Å². The second-order valence-electron chi connectivity index (χ2n) is 8.34.